The number of para-hydroxylation sites is 2. The van der Waals surface area contributed by atoms with E-state index in [0.29, 0.717) is 37.3 Å². The summed E-state index contributed by atoms with van der Waals surface area (Å²) in [5, 5.41) is 18.7. The van der Waals surface area contributed by atoms with Gasteiger partial charge in [-0.25, -0.2) is 9.59 Å². The first-order valence-electron chi connectivity index (χ1n) is 8.20. The summed E-state index contributed by atoms with van der Waals surface area (Å²) in [7, 11) is 0. The van der Waals surface area contributed by atoms with E-state index >= 15 is 0 Å². The summed E-state index contributed by atoms with van der Waals surface area (Å²) in [6.07, 6.45) is 0.116. The second-order valence-corrected chi connectivity index (χ2v) is 5.60. The number of carbonyl (C=O) groups is 2. The van der Waals surface area contributed by atoms with Crippen molar-refractivity contribution in [2.75, 3.05) is 22.9 Å². The van der Waals surface area contributed by atoms with Gasteiger partial charge < -0.3 is 10.2 Å². The zero-order valence-electron chi connectivity index (χ0n) is 13.9. The first kappa shape index (κ1) is 18.3. The Hall–Kier alpha value is -3.02. The van der Waals surface area contributed by atoms with E-state index in [1.54, 1.807) is 48.5 Å². The van der Waals surface area contributed by atoms with Crippen molar-refractivity contribution in [1.82, 2.24) is 0 Å². The van der Waals surface area contributed by atoms with Gasteiger partial charge in [-0.3, -0.25) is 9.80 Å². The van der Waals surface area contributed by atoms with Gasteiger partial charge in [-0.2, -0.15) is 0 Å². The largest absolute Gasteiger partial charge is 0.465 e. The fourth-order valence-corrected chi connectivity index (χ4v) is 2.60. The van der Waals surface area contributed by atoms with Crippen LogP contribution in [0.4, 0.5) is 21.0 Å². The molecule has 25 heavy (non-hydrogen) atoms. The smallest absolute Gasteiger partial charge is 0.411 e. The zero-order valence-corrected chi connectivity index (χ0v) is 13.9. The SMILES string of the molecule is O=C(O)N(CCCCCN(C(=O)O)c1ccccc1)c1ccccc1. The van der Waals surface area contributed by atoms with Gasteiger partial charge in [0, 0.05) is 24.5 Å². The molecule has 0 atom stereocenters. The molecule has 0 heterocycles. The average Bonchev–Trinajstić information content (AvgIpc) is 2.62. The van der Waals surface area contributed by atoms with Gasteiger partial charge in [0.05, 0.1) is 0 Å². The molecule has 6 nitrogen and oxygen atoms in total. The normalized spacial score (nSPS) is 10.2. The Balaban J connectivity index is 1.81. The van der Waals surface area contributed by atoms with E-state index in [9.17, 15) is 19.8 Å². The molecule has 0 radical (unpaired) electrons. The average molecular weight is 342 g/mol. The van der Waals surface area contributed by atoms with Gasteiger partial charge in [0.25, 0.3) is 0 Å². The number of benzene rings is 2. The Morgan fingerprint density at radius 2 is 1.00 bits per heavy atom. The Morgan fingerprint density at radius 1 is 0.640 bits per heavy atom. The minimum atomic E-state index is -0.984. The first-order valence-corrected chi connectivity index (χ1v) is 8.20. The van der Waals surface area contributed by atoms with Gasteiger partial charge in [-0.15, -0.1) is 0 Å². The molecule has 0 aliphatic rings. The highest BCUT2D eigenvalue weighted by molar-refractivity contribution is 5.86. The molecular formula is C19H22N2O4. The van der Waals surface area contributed by atoms with E-state index in [2.05, 4.69) is 0 Å². The second kappa shape index (κ2) is 9.32. The molecule has 0 spiro atoms. The van der Waals surface area contributed by atoms with Crippen LogP contribution in [0.3, 0.4) is 0 Å². The Morgan fingerprint density at radius 3 is 1.32 bits per heavy atom. The highest BCUT2D eigenvalue weighted by atomic mass is 16.4. The highest BCUT2D eigenvalue weighted by Crippen LogP contribution is 2.16. The molecule has 0 bridgehead atoms. The van der Waals surface area contributed by atoms with Gasteiger partial charge in [-0.1, -0.05) is 36.4 Å². The lowest BCUT2D eigenvalue weighted by atomic mass is 10.2. The van der Waals surface area contributed by atoms with Crippen molar-refractivity contribution in [2.24, 2.45) is 0 Å². The number of rotatable bonds is 8. The van der Waals surface area contributed by atoms with Crippen LogP contribution in [-0.4, -0.2) is 35.5 Å². The fraction of sp³-hybridized carbons (Fsp3) is 0.263. The second-order valence-electron chi connectivity index (χ2n) is 5.60. The fourth-order valence-electron chi connectivity index (χ4n) is 2.60. The number of nitrogens with zero attached hydrogens (tertiary/aromatic N) is 2. The lowest BCUT2D eigenvalue weighted by molar-refractivity contribution is 0.201. The number of hydrogen-bond acceptors (Lipinski definition) is 2. The molecule has 0 aliphatic carbocycles. The number of anilines is 2. The Bertz CT molecular complexity index is 617. The van der Waals surface area contributed by atoms with Crippen LogP contribution < -0.4 is 9.80 Å². The van der Waals surface area contributed by atoms with Crippen molar-refractivity contribution in [1.29, 1.82) is 0 Å². The summed E-state index contributed by atoms with van der Waals surface area (Å²) >= 11 is 0. The summed E-state index contributed by atoms with van der Waals surface area (Å²) in [5.74, 6) is 0. The van der Waals surface area contributed by atoms with Crippen molar-refractivity contribution < 1.29 is 19.8 Å². The molecule has 2 N–H and O–H groups in total. The van der Waals surface area contributed by atoms with Crippen LogP contribution in [0.2, 0.25) is 0 Å². The van der Waals surface area contributed by atoms with Crippen molar-refractivity contribution >= 4 is 23.6 Å². The molecule has 0 aromatic heterocycles. The number of amides is 2. The van der Waals surface area contributed by atoms with Crippen molar-refractivity contribution in [2.45, 2.75) is 19.3 Å². The third-order valence-corrected chi connectivity index (χ3v) is 3.86. The number of hydrogen-bond donors (Lipinski definition) is 2. The molecule has 2 aromatic rings. The third-order valence-electron chi connectivity index (χ3n) is 3.86. The van der Waals surface area contributed by atoms with E-state index in [4.69, 9.17) is 0 Å². The summed E-state index contributed by atoms with van der Waals surface area (Å²) in [6, 6.07) is 17.9. The third kappa shape index (κ3) is 5.53. The maximum atomic E-state index is 11.4. The molecule has 2 amide bonds. The summed E-state index contributed by atoms with van der Waals surface area (Å²) in [6.45, 7) is 0.773. The van der Waals surface area contributed by atoms with Crippen LogP contribution in [0.5, 0.6) is 0 Å². The monoisotopic (exact) mass is 342 g/mol. The summed E-state index contributed by atoms with van der Waals surface area (Å²) in [4.78, 5) is 25.4. The molecule has 0 aliphatic heterocycles. The Kier molecular flexibility index (Phi) is 6.83. The maximum Gasteiger partial charge on any atom is 0.411 e. The lowest BCUT2D eigenvalue weighted by Crippen LogP contribution is -2.31. The van der Waals surface area contributed by atoms with Crippen LogP contribution in [-0.2, 0) is 0 Å². The zero-order chi connectivity index (χ0) is 18.1. The van der Waals surface area contributed by atoms with E-state index in [1.165, 1.54) is 9.80 Å². The standard InChI is InChI=1S/C19H22N2O4/c22-18(23)20(16-10-4-1-5-11-16)14-8-3-9-15-21(19(24)25)17-12-6-2-7-13-17/h1-2,4-7,10-13H,3,8-9,14-15H2,(H,22,23)(H,24,25). The minimum absolute atomic E-state index is 0.387. The molecule has 2 rings (SSSR count). The Labute approximate surface area is 146 Å². The van der Waals surface area contributed by atoms with Gasteiger partial charge in [-0.05, 0) is 43.5 Å². The molecular weight excluding hydrogens is 320 g/mol. The van der Waals surface area contributed by atoms with Crippen molar-refractivity contribution in [3.05, 3.63) is 60.7 Å². The molecule has 6 heteroatoms. The van der Waals surface area contributed by atoms with Gasteiger partial charge >= 0.3 is 12.2 Å². The van der Waals surface area contributed by atoms with E-state index in [-0.39, 0.29) is 0 Å². The highest BCUT2D eigenvalue weighted by Gasteiger charge is 2.15. The molecule has 0 saturated heterocycles. The topological polar surface area (TPSA) is 81.1 Å². The van der Waals surface area contributed by atoms with E-state index in [1.807, 2.05) is 12.1 Å². The number of unbranched alkanes of at least 4 members (excludes halogenated alkanes) is 2. The molecule has 0 fully saturated rings. The molecule has 2 aromatic carbocycles. The van der Waals surface area contributed by atoms with Crippen LogP contribution in [0.25, 0.3) is 0 Å². The molecule has 0 unspecified atom stereocenters. The van der Waals surface area contributed by atoms with Gasteiger partial charge in [0.15, 0.2) is 0 Å². The molecule has 132 valence electrons. The predicted molar refractivity (Wildman–Crippen MR) is 97.5 cm³/mol. The minimum Gasteiger partial charge on any atom is -0.465 e. The van der Waals surface area contributed by atoms with E-state index < -0.39 is 12.2 Å². The van der Waals surface area contributed by atoms with Gasteiger partial charge in [0.1, 0.15) is 0 Å². The van der Waals surface area contributed by atoms with Gasteiger partial charge in [0.2, 0.25) is 0 Å². The lowest BCUT2D eigenvalue weighted by Gasteiger charge is -2.21. The predicted octanol–water partition coefficient (Wildman–Crippen LogP) is 4.53. The van der Waals surface area contributed by atoms with Crippen molar-refractivity contribution in [3.8, 4) is 0 Å². The van der Waals surface area contributed by atoms with E-state index in [0.717, 1.165) is 6.42 Å². The van der Waals surface area contributed by atoms with Crippen LogP contribution in [0.15, 0.2) is 60.7 Å². The van der Waals surface area contributed by atoms with Crippen LogP contribution in [0, 0.1) is 0 Å². The summed E-state index contributed by atoms with van der Waals surface area (Å²) < 4.78 is 0. The van der Waals surface area contributed by atoms with Crippen LogP contribution in [0.1, 0.15) is 19.3 Å². The first-order chi connectivity index (χ1) is 12.1. The summed E-state index contributed by atoms with van der Waals surface area (Å²) in [5.41, 5.74) is 1.29. The molecule has 0 saturated carbocycles. The maximum absolute atomic E-state index is 11.4. The number of carboxylic acid groups (broad SMARTS) is 2. The van der Waals surface area contributed by atoms with Crippen molar-refractivity contribution in [3.63, 3.8) is 0 Å². The quantitative estimate of drug-likeness (QED) is 0.691. The van der Waals surface area contributed by atoms with Crippen LogP contribution >= 0.6 is 0 Å².